The van der Waals surface area contributed by atoms with Crippen LogP contribution in [0.3, 0.4) is 0 Å². The minimum absolute atomic E-state index is 0.0894. The number of amides is 1. The number of halogens is 1. The first kappa shape index (κ1) is 14.8. The van der Waals surface area contributed by atoms with Crippen LogP contribution in [-0.2, 0) is 4.79 Å². The van der Waals surface area contributed by atoms with Gasteiger partial charge in [0.1, 0.15) is 11.5 Å². The Bertz CT molecular complexity index is 421. The van der Waals surface area contributed by atoms with Crippen LogP contribution in [0.5, 0.6) is 11.5 Å². The number of hydrogen-bond acceptors (Lipinski definition) is 3. The molecule has 1 unspecified atom stereocenters. The molecule has 0 saturated heterocycles. The first-order chi connectivity index (χ1) is 8.49. The largest absolute Gasteiger partial charge is 0.497 e. The van der Waals surface area contributed by atoms with Gasteiger partial charge in [0.25, 0.3) is 0 Å². The number of hydrogen-bond donors (Lipinski definition) is 1. The molecule has 0 aliphatic carbocycles. The zero-order chi connectivity index (χ0) is 13.7. The zero-order valence-electron chi connectivity index (χ0n) is 11.0. The van der Waals surface area contributed by atoms with Gasteiger partial charge >= 0.3 is 0 Å². The molecule has 1 atom stereocenters. The second-order valence-electron chi connectivity index (χ2n) is 4.20. The van der Waals surface area contributed by atoms with Crippen molar-refractivity contribution in [1.82, 2.24) is 0 Å². The van der Waals surface area contributed by atoms with Crippen molar-refractivity contribution in [3.05, 3.63) is 18.2 Å². The second kappa shape index (κ2) is 6.64. The third-order valence-electron chi connectivity index (χ3n) is 2.50. The Balaban J connectivity index is 2.87. The highest BCUT2D eigenvalue weighted by Gasteiger charge is 2.19. The zero-order valence-corrected chi connectivity index (χ0v) is 12.6. The molecule has 4 nitrogen and oxygen atoms in total. The van der Waals surface area contributed by atoms with Crippen LogP contribution in [0.1, 0.15) is 13.8 Å². The molecule has 0 saturated carbocycles. The van der Waals surface area contributed by atoms with E-state index in [9.17, 15) is 4.79 Å². The first-order valence-electron chi connectivity index (χ1n) is 5.66. The third-order valence-corrected chi connectivity index (χ3v) is 3.98. The summed E-state index contributed by atoms with van der Waals surface area (Å²) in [4.78, 5) is 11.7. The molecule has 0 heterocycles. The standard InChI is InChI=1S/C13H18BrNO3/c1-8(2)12(14)13(16)15-10-6-5-9(17-3)7-11(10)18-4/h5-8,12H,1-4H3,(H,15,16). The summed E-state index contributed by atoms with van der Waals surface area (Å²) < 4.78 is 10.3. The maximum Gasteiger partial charge on any atom is 0.238 e. The molecule has 1 aromatic carbocycles. The van der Waals surface area contributed by atoms with Crippen LogP contribution >= 0.6 is 15.9 Å². The fraction of sp³-hybridized carbons (Fsp3) is 0.462. The smallest absolute Gasteiger partial charge is 0.238 e. The lowest BCUT2D eigenvalue weighted by molar-refractivity contribution is -0.116. The van der Waals surface area contributed by atoms with Crippen molar-refractivity contribution < 1.29 is 14.3 Å². The molecule has 18 heavy (non-hydrogen) atoms. The quantitative estimate of drug-likeness (QED) is 0.849. The summed E-state index contributed by atoms with van der Waals surface area (Å²) in [5.41, 5.74) is 0.633. The lowest BCUT2D eigenvalue weighted by atomic mass is 10.1. The molecule has 1 amide bonds. The van der Waals surface area contributed by atoms with Gasteiger partial charge in [-0.15, -0.1) is 0 Å². The number of ether oxygens (including phenoxy) is 2. The molecule has 0 aliphatic heterocycles. The van der Waals surface area contributed by atoms with Gasteiger partial charge in [-0.3, -0.25) is 4.79 Å². The van der Waals surface area contributed by atoms with Crippen LogP contribution in [0, 0.1) is 5.92 Å². The molecule has 0 spiro atoms. The summed E-state index contributed by atoms with van der Waals surface area (Å²) in [6.45, 7) is 3.95. The normalized spacial score (nSPS) is 12.1. The van der Waals surface area contributed by atoms with E-state index in [-0.39, 0.29) is 16.7 Å². The number of methoxy groups -OCH3 is 2. The molecule has 5 heteroatoms. The second-order valence-corrected chi connectivity index (χ2v) is 5.19. The Kier molecular flexibility index (Phi) is 5.47. The van der Waals surface area contributed by atoms with Crippen LogP contribution < -0.4 is 14.8 Å². The summed E-state index contributed by atoms with van der Waals surface area (Å²) in [6, 6.07) is 5.26. The van der Waals surface area contributed by atoms with E-state index in [2.05, 4.69) is 21.2 Å². The SMILES string of the molecule is COc1ccc(NC(=O)C(Br)C(C)C)c(OC)c1. The number of benzene rings is 1. The molecule has 1 aromatic rings. The van der Waals surface area contributed by atoms with Gasteiger partial charge in [0.2, 0.25) is 5.91 Å². The summed E-state index contributed by atoms with van der Waals surface area (Å²) in [7, 11) is 3.14. The van der Waals surface area contributed by atoms with Crippen LogP contribution in [0.2, 0.25) is 0 Å². The average molecular weight is 316 g/mol. The predicted octanol–water partition coefficient (Wildman–Crippen LogP) is 3.06. The molecule has 0 fully saturated rings. The van der Waals surface area contributed by atoms with Crippen molar-refractivity contribution in [2.75, 3.05) is 19.5 Å². The summed E-state index contributed by atoms with van der Waals surface area (Å²) in [6.07, 6.45) is 0. The summed E-state index contributed by atoms with van der Waals surface area (Å²) in [5.74, 6) is 1.39. The van der Waals surface area contributed by atoms with Gasteiger partial charge in [0, 0.05) is 6.07 Å². The molecule has 0 aliphatic rings. The number of carbonyl (C=O) groups is 1. The van der Waals surface area contributed by atoms with Gasteiger partial charge in [0.15, 0.2) is 0 Å². The molecule has 0 radical (unpaired) electrons. The highest BCUT2D eigenvalue weighted by molar-refractivity contribution is 9.10. The molecule has 0 aromatic heterocycles. The lowest BCUT2D eigenvalue weighted by Gasteiger charge is -2.16. The van der Waals surface area contributed by atoms with Crippen LogP contribution in [0.15, 0.2) is 18.2 Å². The molecule has 1 N–H and O–H groups in total. The van der Waals surface area contributed by atoms with Crippen molar-refractivity contribution in [2.45, 2.75) is 18.7 Å². The van der Waals surface area contributed by atoms with Crippen molar-refractivity contribution in [2.24, 2.45) is 5.92 Å². The maximum absolute atomic E-state index is 11.9. The Labute approximate surface area is 116 Å². The van der Waals surface area contributed by atoms with Crippen molar-refractivity contribution in [3.63, 3.8) is 0 Å². The number of nitrogens with one attached hydrogen (secondary N) is 1. The van der Waals surface area contributed by atoms with Crippen molar-refractivity contribution >= 4 is 27.5 Å². The molecular weight excluding hydrogens is 298 g/mol. The van der Waals surface area contributed by atoms with Gasteiger partial charge in [-0.25, -0.2) is 0 Å². The average Bonchev–Trinajstić information content (AvgIpc) is 2.37. The highest BCUT2D eigenvalue weighted by Crippen LogP contribution is 2.29. The predicted molar refractivity (Wildman–Crippen MR) is 75.7 cm³/mol. The topological polar surface area (TPSA) is 47.6 Å². The maximum atomic E-state index is 11.9. The fourth-order valence-corrected chi connectivity index (χ4v) is 1.52. The summed E-state index contributed by atoms with van der Waals surface area (Å²) >= 11 is 3.36. The van der Waals surface area contributed by atoms with Gasteiger partial charge in [-0.05, 0) is 18.1 Å². The highest BCUT2D eigenvalue weighted by atomic mass is 79.9. The van der Waals surface area contributed by atoms with E-state index in [0.29, 0.717) is 17.2 Å². The summed E-state index contributed by atoms with van der Waals surface area (Å²) in [5, 5.41) is 2.83. The van der Waals surface area contributed by atoms with Gasteiger partial charge in [-0.2, -0.15) is 0 Å². The number of alkyl halides is 1. The van der Waals surface area contributed by atoms with Gasteiger partial charge in [0.05, 0.1) is 24.7 Å². The molecule has 1 rings (SSSR count). The van der Waals surface area contributed by atoms with Crippen LogP contribution in [-0.4, -0.2) is 25.0 Å². The van der Waals surface area contributed by atoms with E-state index in [1.165, 1.54) is 0 Å². The Morgan fingerprint density at radius 3 is 2.44 bits per heavy atom. The van der Waals surface area contributed by atoms with E-state index >= 15 is 0 Å². The monoisotopic (exact) mass is 315 g/mol. The van der Waals surface area contributed by atoms with Gasteiger partial charge in [-0.1, -0.05) is 29.8 Å². The number of rotatable bonds is 5. The Morgan fingerprint density at radius 2 is 1.94 bits per heavy atom. The minimum atomic E-state index is -0.232. The molecule has 100 valence electrons. The lowest BCUT2D eigenvalue weighted by Crippen LogP contribution is -2.27. The number of carbonyl (C=O) groups excluding carboxylic acids is 1. The Morgan fingerprint density at radius 1 is 1.28 bits per heavy atom. The molecular formula is C13H18BrNO3. The van der Waals surface area contributed by atoms with Crippen LogP contribution in [0.25, 0.3) is 0 Å². The number of anilines is 1. The third kappa shape index (κ3) is 3.63. The van der Waals surface area contributed by atoms with Crippen molar-refractivity contribution in [1.29, 1.82) is 0 Å². The Hall–Kier alpha value is -1.23. The van der Waals surface area contributed by atoms with E-state index in [0.717, 1.165) is 0 Å². The van der Waals surface area contributed by atoms with Crippen molar-refractivity contribution in [3.8, 4) is 11.5 Å². The van der Waals surface area contributed by atoms with E-state index in [4.69, 9.17) is 9.47 Å². The van der Waals surface area contributed by atoms with Crippen LogP contribution in [0.4, 0.5) is 5.69 Å². The molecule has 0 bridgehead atoms. The van der Waals surface area contributed by atoms with E-state index in [1.54, 1.807) is 32.4 Å². The van der Waals surface area contributed by atoms with E-state index < -0.39 is 0 Å². The first-order valence-corrected chi connectivity index (χ1v) is 6.58. The minimum Gasteiger partial charge on any atom is -0.497 e. The fourth-order valence-electron chi connectivity index (χ4n) is 1.41. The van der Waals surface area contributed by atoms with Gasteiger partial charge < -0.3 is 14.8 Å². The van der Waals surface area contributed by atoms with E-state index in [1.807, 2.05) is 13.8 Å².